The van der Waals surface area contributed by atoms with E-state index in [1.807, 2.05) is 11.9 Å². The minimum absolute atomic E-state index is 0.222. The Bertz CT molecular complexity index is 859. The molecule has 31 heavy (non-hydrogen) atoms. The standard InChI is InChI=1S/C27H37N3O/c1-3-20-11-13-21(14-12-20)17-18-28-25-10-6-9-24-27(29-25)23(15-16-26(31)30(24)2)19-22-7-4-5-8-22/h9-14,22-23,28H,3-8,15-19H2,1-2H3. The van der Waals surface area contributed by atoms with Crippen LogP contribution in [0.4, 0.5) is 0 Å². The maximum atomic E-state index is 12.6. The van der Waals surface area contributed by atoms with Crippen molar-refractivity contribution in [2.24, 2.45) is 16.8 Å². The normalized spacial score (nSPS) is 22.3. The summed E-state index contributed by atoms with van der Waals surface area (Å²) >= 11 is 0. The van der Waals surface area contributed by atoms with Crippen molar-refractivity contribution in [3.8, 4) is 0 Å². The van der Waals surface area contributed by atoms with Crippen LogP contribution in [0.2, 0.25) is 0 Å². The average molecular weight is 420 g/mol. The van der Waals surface area contributed by atoms with Gasteiger partial charge in [0.1, 0.15) is 5.82 Å². The monoisotopic (exact) mass is 419 g/mol. The molecule has 166 valence electrons. The molecule has 1 amide bonds. The van der Waals surface area contributed by atoms with E-state index in [9.17, 15) is 4.79 Å². The van der Waals surface area contributed by atoms with Crippen LogP contribution in [0.15, 0.2) is 52.9 Å². The second kappa shape index (κ2) is 10.3. The molecule has 0 spiro atoms. The van der Waals surface area contributed by atoms with Crippen molar-refractivity contribution in [1.29, 1.82) is 0 Å². The zero-order valence-electron chi connectivity index (χ0n) is 19.2. The van der Waals surface area contributed by atoms with Gasteiger partial charge in [0.25, 0.3) is 0 Å². The van der Waals surface area contributed by atoms with E-state index in [2.05, 4.69) is 48.7 Å². The molecule has 2 fully saturated rings. The molecule has 1 aromatic carbocycles. The summed E-state index contributed by atoms with van der Waals surface area (Å²) in [7, 11) is 1.92. The molecule has 0 bridgehead atoms. The highest BCUT2D eigenvalue weighted by Crippen LogP contribution is 2.36. The van der Waals surface area contributed by atoms with Crippen molar-refractivity contribution in [1.82, 2.24) is 10.2 Å². The van der Waals surface area contributed by atoms with Crippen LogP contribution in [-0.4, -0.2) is 30.1 Å². The molecule has 1 aliphatic carbocycles. The van der Waals surface area contributed by atoms with Crippen LogP contribution >= 0.6 is 0 Å². The number of nitrogens with one attached hydrogen (secondary N) is 1. The van der Waals surface area contributed by atoms with Crippen LogP contribution in [0.3, 0.4) is 0 Å². The van der Waals surface area contributed by atoms with Gasteiger partial charge >= 0.3 is 0 Å². The Morgan fingerprint density at radius 1 is 1.06 bits per heavy atom. The number of nitrogens with zero attached hydrogens (tertiary/aromatic N) is 2. The molecular weight excluding hydrogens is 382 g/mol. The molecule has 4 rings (SSSR count). The van der Waals surface area contributed by atoms with Crippen molar-refractivity contribution >= 4 is 11.6 Å². The van der Waals surface area contributed by atoms with Crippen LogP contribution in [0.25, 0.3) is 0 Å². The van der Waals surface area contributed by atoms with E-state index in [0.29, 0.717) is 12.3 Å². The summed E-state index contributed by atoms with van der Waals surface area (Å²) in [6.07, 6.45) is 15.4. The molecule has 4 heteroatoms. The van der Waals surface area contributed by atoms with Gasteiger partial charge in [0.05, 0.1) is 11.4 Å². The lowest BCUT2D eigenvalue weighted by Gasteiger charge is -2.24. The zero-order chi connectivity index (χ0) is 21.6. The Kier molecular flexibility index (Phi) is 7.26. The van der Waals surface area contributed by atoms with Gasteiger partial charge in [-0.3, -0.25) is 4.79 Å². The van der Waals surface area contributed by atoms with Crippen molar-refractivity contribution in [2.45, 2.75) is 71.1 Å². The second-order valence-electron chi connectivity index (χ2n) is 9.33. The Morgan fingerprint density at radius 3 is 2.55 bits per heavy atom. The maximum Gasteiger partial charge on any atom is 0.226 e. The summed E-state index contributed by atoms with van der Waals surface area (Å²) in [5.41, 5.74) is 4.90. The van der Waals surface area contributed by atoms with Gasteiger partial charge in [-0.25, -0.2) is 4.99 Å². The van der Waals surface area contributed by atoms with E-state index in [0.717, 1.165) is 55.4 Å². The highest BCUT2D eigenvalue weighted by atomic mass is 16.2. The number of carbonyl (C=O) groups excluding carboxylic acids is 1. The molecule has 2 aliphatic heterocycles. The highest BCUT2D eigenvalue weighted by molar-refractivity contribution is 6.06. The fraction of sp³-hybridized carbons (Fsp3) is 0.556. The van der Waals surface area contributed by atoms with Crippen LogP contribution in [0.5, 0.6) is 0 Å². The highest BCUT2D eigenvalue weighted by Gasteiger charge is 2.32. The number of rotatable bonds is 7. The number of hydrogen-bond donors (Lipinski definition) is 1. The number of aryl methyl sites for hydroxylation is 1. The van der Waals surface area contributed by atoms with E-state index in [1.54, 1.807) is 0 Å². The largest absolute Gasteiger partial charge is 0.370 e. The third-order valence-electron chi connectivity index (χ3n) is 7.20. The minimum atomic E-state index is 0.222. The number of benzene rings is 1. The summed E-state index contributed by atoms with van der Waals surface area (Å²) in [6, 6.07) is 8.92. The predicted molar refractivity (Wildman–Crippen MR) is 128 cm³/mol. The number of amides is 1. The van der Waals surface area contributed by atoms with Gasteiger partial charge in [-0.2, -0.15) is 0 Å². The van der Waals surface area contributed by atoms with Gasteiger partial charge in [0.2, 0.25) is 5.91 Å². The van der Waals surface area contributed by atoms with E-state index < -0.39 is 0 Å². The molecule has 2 heterocycles. The third-order valence-corrected chi connectivity index (χ3v) is 7.20. The number of aliphatic imine (C=N–C) groups is 1. The lowest BCUT2D eigenvalue weighted by atomic mass is 9.86. The Morgan fingerprint density at radius 2 is 1.81 bits per heavy atom. The molecule has 1 N–H and O–H groups in total. The quantitative estimate of drug-likeness (QED) is 0.643. The molecule has 1 saturated carbocycles. The summed E-state index contributed by atoms with van der Waals surface area (Å²) in [6.45, 7) is 3.06. The van der Waals surface area contributed by atoms with Gasteiger partial charge in [-0.05, 0) is 55.2 Å². The number of likely N-dealkylation sites (tertiary alicyclic amines) is 1. The van der Waals surface area contributed by atoms with Crippen molar-refractivity contribution in [3.05, 3.63) is 59.1 Å². The smallest absolute Gasteiger partial charge is 0.226 e. The van der Waals surface area contributed by atoms with E-state index in [1.165, 1.54) is 43.2 Å². The van der Waals surface area contributed by atoms with Gasteiger partial charge in [-0.1, -0.05) is 62.9 Å². The summed E-state index contributed by atoms with van der Waals surface area (Å²) in [5, 5.41) is 3.57. The average Bonchev–Trinajstić information content (AvgIpc) is 3.17. The number of allylic oxidation sites excluding steroid dienone is 3. The molecule has 1 unspecified atom stereocenters. The summed E-state index contributed by atoms with van der Waals surface area (Å²) in [5.74, 6) is 2.36. The van der Waals surface area contributed by atoms with Crippen molar-refractivity contribution < 1.29 is 4.79 Å². The first-order chi connectivity index (χ1) is 15.1. The molecule has 0 radical (unpaired) electrons. The molecule has 1 saturated heterocycles. The first-order valence-corrected chi connectivity index (χ1v) is 12.2. The first kappa shape index (κ1) is 21.9. The Labute approximate surface area is 187 Å². The molecule has 1 atom stereocenters. The van der Waals surface area contributed by atoms with Crippen LogP contribution < -0.4 is 5.32 Å². The first-order valence-electron chi connectivity index (χ1n) is 12.2. The molecule has 0 aromatic heterocycles. The SMILES string of the molecule is CCc1ccc(CCNC2=CCC=C3C(=N2)C(CC2CCCC2)CCC(=O)N3C)cc1. The third kappa shape index (κ3) is 5.47. The maximum absolute atomic E-state index is 12.6. The molecule has 3 aliphatic rings. The van der Waals surface area contributed by atoms with Gasteiger partial charge in [0.15, 0.2) is 0 Å². The van der Waals surface area contributed by atoms with Gasteiger partial charge in [0, 0.05) is 25.9 Å². The van der Waals surface area contributed by atoms with Gasteiger partial charge < -0.3 is 10.2 Å². The fourth-order valence-corrected chi connectivity index (χ4v) is 5.23. The number of hydrogen-bond acceptors (Lipinski definition) is 3. The van der Waals surface area contributed by atoms with Crippen LogP contribution in [0, 0.1) is 11.8 Å². The lowest BCUT2D eigenvalue weighted by molar-refractivity contribution is -0.127. The van der Waals surface area contributed by atoms with Crippen LogP contribution in [0.1, 0.15) is 69.4 Å². The minimum Gasteiger partial charge on any atom is -0.370 e. The van der Waals surface area contributed by atoms with E-state index in [4.69, 9.17) is 4.99 Å². The summed E-state index contributed by atoms with van der Waals surface area (Å²) in [4.78, 5) is 19.6. The number of fused-ring (bicyclic) bond motifs is 1. The van der Waals surface area contributed by atoms with Crippen LogP contribution in [-0.2, 0) is 17.6 Å². The molecule has 4 nitrogen and oxygen atoms in total. The van der Waals surface area contributed by atoms with E-state index in [-0.39, 0.29) is 5.91 Å². The zero-order valence-corrected chi connectivity index (χ0v) is 19.2. The van der Waals surface area contributed by atoms with Crippen molar-refractivity contribution in [2.75, 3.05) is 13.6 Å². The molecule has 1 aromatic rings. The Hall–Kier alpha value is -2.36. The van der Waals surface area contributed by atoms with Gasteiger partial charge in [-0.15, -0.1) is 0 Å². The van der Waals surface area contributed by atoms with E-state index >= 15 is 0 Å². The van der Waals surface area contributed by atoms with Crippen molar-refractivity contribution in [3.63, 3.8) is 0 Å². The predicted octanol–water partition coefficient (Wildman–Crippen LogP) is 5.40. The molecular formula is C27H37N3O. The topological polar surface area (TPSA) is 44.7 Å². The second-order valence-corrected chi connectivity index (χ2v) is 9.33. The summed E-state index contributed by atoms with van der Waals surface area (Å²) < 4.78 is 0. The fourth-order valence-electron chi connectivity index (χ4n) is 5.23. The number of carbonyl (C=O) groups is 1. The Balaban J connectivity index is 1.46. The lowest BCUT2D eigenvalue weighted by Crippen LogP contribution is -2.29.